The zero-order chi connectivity index (χ0) is 10.7. The fraction of sp³-hybridized carbons (Fsp3) is 0.692. The molecule has 0 aromatic heterocycles. The van der Waals surface area contributed by atoms with Crippen molar-refractivity contribution in [3.63, 3.8) is 0 Å². The topological polar surface area (TPSA) is 9.23 Å². The lowest BCUT2D eigenvalue weighted by Crippen LogP contribution is -2.09. The summed E-state index contributed by atoms with van der Waals surface area (Å²) in [4.78, 5) is 0. The summed E-state index contributed by atoms with van der Waals surface area (Å²) in [5.74, 6) is 1.82. The molecule has 0 saturated heterocycles. The molecule has 0 bridgehead atoms. The first-order valence-electron chi connectivity index (χ1n) is 5.66. The van der Waals surface area contributed by atoms with Crippen LogP contribution in [0.1, 0.15) is 47.0 Å². The van der Waals surface area contributed by atoms with Crippen LogP contribution in [0.5, 0.6) is 0 Å². The minimum atomic E-state index is 0.257. The molecule has 0 N–H and O–H groups in total. The molecule has 0 saturated carbocycles. The van der Waals surface area contributed by atoms with E-state index in [9.17, 15) is 0 Å². The first kappa shape index (κ1) is 11.4. The molecule has 1 nitrogen and oxygen atoms in total. The van der Waals surface area contributed by atoms with Gasteiger partial charge in [-0.25, -0.2) is 0 Å². The fourth-order valence-electron chi connectivity index (χ4n) is 1.93. The first-order valence-corrected chi connectivity index (χ1v) is 5.66. The Morgan fingerprint density at radius 1 is 1.50 bits per heavy atom. The average molecular weight is 194 g/mol. The van der Waals surface area contributed by atoms with Crippen LogP contribution in [-0.2, 0) is 4.74 Å². The van der Waals surface area contributed by atoms with Crippen LogP contribution < -0.4 is 0 Å². The lowest BCUT2D eigenvalue weighted by atomic mass is 9.95. The summed E-state index contributed by atoms with van der Waals surface area (Å²) in [5, 5.41) is 0. The van der Waals surface area contributed by atoms with E-state index in [0.717, 1.165) is 19.3 Å². The first-order chi connectivity index (χ1) is 6.60. The van der Waals surface area contributed by atoms with E-state index in [-0.39, 0.29) is 6.10 Å². The third-order valence-corrected chi connectivity index (χ3v) is 2.98. The smallest absolute Gasteiger partial charge is 0.123 e. The van der Waals surface area contributed by atoms with E-state index in [1.807, 2.05) is 0 Å². The number of ether oxygens (including phenoxy) is 1. The van der Waals surface area contributed by atoms with Gasteiger partial charge in [-0.15, -0.1) is 0 Å². The van der Waals surface area contributed by atoms with Gasteiger partial charge in [0.05, 0.1) is 5.76 Å². The van der Waals surface area contributed by atoms with Gasteiger partial charge in [-0.2, -0.15) is 0 Å². The maximum atomic E-state index is 5.92. The van der Waals surface area contributed by atoms with E-state index in [2.05, 4.69) is 34.3 Å². The van der Waals surface area contributed by atoms with Gasteiger partial charge < -0.3 is 4.74 Å². The predicted octanol–water partition coefficient (Wildman–Crippen LogP) is 4.06. The van der Waals surface area contributed by atoms with Gasteiger partial charge in [-0.1, -0.05) is 34.3 Å². The number of allylic oxidation sites excluding steroid dienone is 1. The molecule has 1 unspecified atom stereocenters. The monoisotopic (exact) mass is 194 g/mol. The molecule has 1 aliphatic rings. The Labute approximate surface area is 87.8 Å². The molecule has 0 radical (unpaired) electrons. The van der Waals surface area contributed by atoms with Crippen LogP contribution >= 0.6 is 0 Å². The maximum absolute atomic E-state index is 5.92. The molecular formula is C13H22O. The summed E-state index contributed by atoms with van der Waals surface area (Å²) >= 11 is 0. The molecule has 0 spiro atoms. The minimum absolute atomic E-state index is 0.257. The third-order valence-electron chi connectivity index (χ3n) is 2.98. The van der Waals surface area contributed by atoms with Crippen LogP contribution in [-0.4, -0.2) is 6.10 Å². The minimum Gasteiger partial charge on any atom is -0.490 e. The summed E-state index contributed by atoms with van der Waals surface area (Å²) in [5.41, 5.74) is 2.72. The van der Waals surface area contributed by atoms with Crippen molar-refractivity contribution >= 4 is 0 Å². The van der Waals surface area contributed by atoms with Crippen molar-refractivity contribution in [2.45, 2.75) is 53.1 Å². The van der Waals surface area contributed by atoms with Gasteiger partial charge in [-0.05, 0) is 23.5 Å². The second-order valence-corrected chi connectivity index (χ2v) is 4.28. The van der Waals surface area contributed by atoms with Crippen LogP contribution in [0.4, 0.5) is 0 Å². The highest BCUT2D eigenvalue weighted by atomic mass is 16.5. The van der Waals surface area contributed by atoms with Crippen molar-refractivity contribution in [2.24, 2.45) is 5.92 Å². The van der Waals surface area contributed by atoms with Gasteiger partial charge in [0.1, 0.15) is 6.10 Å². The molecule has 1 atom stereocenters. The summed E-state index contributed by atoms with van der Waals surface area (Å²) in [7, 11) is 0. The van der Waals surface area contributed by atoms with Gasteiger partial charge in [0.25, 0.3) is 0 Å². The van der Waals surface area contributed by atoms with E-state index >= 15 is 0 Å². The quantitative estimate of drug-likeness (QED) is 0.613. The molecule has 1 heterocycles. The summed E-state index contributed by atoms with van der Waals surface area (Å²) < 4.78 is 5.92. The van der Waals surface area contributed by atoms with Crippen LogP contribution in [0.15, 0.2) is 23.5 Å². The standard InChI is InChI=1S/C13H22O/c1-6-10(5)13-8-11(9(3)4)12(7-2)14-13/h9,13H,5-8H2,1-4H3. The normalized spacial score (nSPS) is 21.6. The molecule has 1 heteroatoms. The molecule has 0 aliphatic carbocycles. The Morgan fingerprint density at radius 3 is 2.50 bits per heavy atom. The SMILES string of the molecule is C=C(CC)C1CC(C(C)C)=C(CC)O1. The molecule has 0 amide bonds. The molecule has 0 aromatic rings. The van der Waals surface area contributed by atoms with Crippen molar-refractivity contribution in [2.75, 3.05) is 0 Å². The average Bonchev–Trinajstić information content (AvgIpc) is 2.60. The van der Waals surface area contributed by atoms with Gasteiger partial charge in [-0.3, -0.25) is 0 Å². The molecule has 0 aromatic carbocycles. The van der Waals surface area contributed by atoms with E-state index in [4.69, 9.17) is 4.74 Å². The highest BCUT2D eigenvalue weighted by Crippen LogP contribution is 2.35. The molecule has 1 rings (SSSR count). The maximum Gasteiger partial charge on any atom is 0.123 e. The van der Waals surface area contributed by atoms with Gasteiger partial charge in [0.15, 0.2) is 0 Å². The second kappa shape index (κ2) is 4.68. The Morgan fingerprint density at radius 2 is 2.14 bits per heavy atom. The molecule has 80 valence electrons. The van der Waals surface area contributed by atoms with E-state index in [1.54, 1.807) is 0 Å². The molecule has 14 heavy (non-hydrogen) atoms. The van der Waals surface area contributed by atoms with Crippen LogP contribution in [0, 0.1) is 5.92 Å². The third kappa shape index (κ3) is 2.20. The summed E-state index contributed by atoms with van der Waals surface area (Å²) in [6.07, 6.45) is 3.36. The Bertz CT molecular complexity index is 248. The van der Waals surface area contributed by atoms with Crippen molar-refractivity contribution in [3.05, 3.63) is 23.5 Å². The largest absolute Gasteiger partial charge is 0.490 e. The summed E-state index contributed by atoms with van der Waals surface area (Å²) in [6, 6.07) is 0. The van der Waals surface area contributed by atoms with Crippen molar-refractivity contribution in [1.29, 1.82) is 0 Å². The van der Waals surface area contributed by atoms with Crippen molar-refractivity contribution in [1.82, 2.24) is 0 Å². The number of hydrogen-bond donors (Lipinski definition) is 0. The van der Waals surface area contributed by atoms with Crippen molar-refractivity contribution in [3.8, 4) is 0 Å². The lowest BCUT2D eigenvalue weighted by Gasteiger charge is -2.13. The van der Waals surface area contributed by atoms with E-state index in [1.165, 1.54) is 16.9 Å². The van der Waals surface area contributed by atoms with Crippen molar-refractivity contribution < 1.29 is 4.74 Å². The molecule has 0 fully saturated rings. The highest BCUT2D eigenvalue weighted by molar-refractivity contribution is 5.22. The van der Waals surface area contributed by atoms with E-state index in [0.29, 0.717) is 5.92 Å². The molecular weight excluding hydrogens is 172 g/mol. The van der Waals surface area contributed by atoms with Crippen LogP contribution in [0.25, 0.3) is 0 Å². The Kier molecular flexibility index (Phi) is 3.79. The molecule has 1 aliphatic heterocycles. The predicted molar refractivity (Wildman–Crippen MR) is 61.1 cm³/mol. The summed E-state index contributed by atoms with van der Waals surface area (Å²) in [6.45, 7) is 12.9. The van der Waals surface area contributed by atoms with Gasteiger partial charge in [0, 0.05) is 12.8 Å². The highest BCUT2D eigenvalue weighted by Gasteiger charge is 2.27. The van der Waals surface area contributed by atoms with Gasteiger partial charge in [0.2, 0.25) is 0 Å². The Balaban J connectivity index is 2.71. The fourth-order valence-corrected chi connectivity index (χ4v) is 1.93. The number of rotatable bonds is 4. The lowest BCUT2D eigenvalue weighted by molar-refractivity contribution is 0.165. The zero-order valence-corrected chi connectivity index (χ0v) is 9.89. The second-order valence-electron chi connectivity index (χ2n) is 4.28. The van der Waals surface area contributed by atoms with Crippen LogP contribution in [0.2, 0.25) is 0 Å². The number of hydrogen-bond acceptors (Lipinski definition) is 1. The van der Waals surface area contributed by atoms with Crippen LogP contribution in [0.3, 0.4) is 0 Å². The van der Waals surface area contributed by atoms with Gasteiger partial charge >= 0.3 is 0 Å². The zero-order valence-electron chi connectivity index (χ0n) is 9.89. The Hall–Kier alpha value is -0.720. The van der Waals surface area contributed by atoms with E-state index < -0.39 is 0 Å².